The minimum atomic E-state index is -4.54. The third-order valence-electron chi connectivity index (χ3n) is 2.81. The second kappa shape index (κ2) is 5.59. The van der Waals surface area contributed by atoms with Crippen LogP contribution in [-0.2, 0) is 6.18 Å². The van der Waals surface area contributed by atoms with Crippen LogP contribution in [0.3, 0.4) is 0 Å². The van der Waals surface area contributed by atoms with E-state index in [2.05, 4.69) is 10.5 Å². The summed E-state index contributed by atoms with van der Waals surface area (Å²) >= 11 is 0. The smallest absolute Gasteiger partial charge is 0.360 e. The summed E-state index contributed by atoms with van der Waals surface area (Å²) in [5.74, 6) is -0.229. The van der Waals surface area contributed by atoms with Gasteiger partial charge in [0, 0.05) is 12.0 Å². The molecule has 1 heterocycles. The summed E-state index contributed by atoms with van der Waals surface area (Å²) < 4.78 is 43.4. The number of halogens is 3. The van der Waals surface area contributed by atoms with Crippen LogP contribution in [0.5, 0.6) is 0 Å². The molecule has 1 amide bonds. The lowest BCUT2D eigenvalue weighted by Crippen LogP contribution is -2.16. The zero-order valence-corrected chi connectivity index (χ0v) is 11.4. The number of nitrogens with zero attached hydrogens (tertiary/aromatic N) is 1. The molecule has 21 heavy (non-hydrogen) atoms. The number of para-hydroxylation sites is 1. The molecule has 7 heteroatoms. The molecule has 0 unspecified atom stereocenters. The fourth-order valence-corrected chi connectivity index (χ4v) is 1.69. The molecule has 2 rings (SSSR count). The minimum Gasteiger partial charge on any atom is -0.360 e. The molecule has 1 aromatic heterocycles. The Kier molecular flexibility index (Phi) is 4.02. The van der Waals surface area contributed by atoms with E-state index in [-0.39, 0.29) is 17.3 Å². The van der Waals surface area contributed by atoms with E-state index in [4.69, 9.17) is 4.52 Å². The molecule has 0 atom stereocenters. The Morgan fingerprint density at radius 3 is 2.52 bits per heavy atom. The summed E-state index contributed by atoms with van der Waals surface area (Å²) in [6, 6.07) is 6.16. The van der Waals surface area contributed by atoms with Crippen molar-refractivity contribution in [3.05, 3.63) is 47.3 Å². The number of carbonyl (C=O) groups is 1. The highest BCUT2D eigenvalue weighted by Crippen LogP contribution is 2.34. The van der Waals surface area contributed by atoms with Gasteiger partial charge in [0.2, 0.25) is 0 Å². The first-order chi connectivity index (χ1) is 9.79. The Morgan fingerprint density at radius 2 is 1.95 bits per heavy atom. The maximum atomic E-state index is 12.8. The van der Waals surface area contributed by atoms with Gasteiger partial charge in [0.15, 0.2) is 5.69 Å². The highest BCUT2D eigenvalue weighted by Gasteiger charge is 2.33. The third kappa shape index (κ3) is 3.42. The van der Waals surface area contributed by atoms with Crippen LogP contribution in [0.15, 0.2) is 34.9 Å². The standard InChI is InChI=1S/C14H13F3N2O2/c1-8(2)12-7-11(19-21-12)13(20)18-10-6-4-3-5-9(10)14(15,16)17/h3-8H,1-2H3,(H,18,20). The molecule has 0 radical (unpaired) electrons. The van der Waals surface area contributed by atoms with Crippen molar-refractivity contribution in [3.8, 4) is 0 Å². The van der Waals surface area contributed by atoms with Gasteiger partial charge in [-0.3, -0.25) is 4.79 Å². The van der Waals surface area contributed by atoms with Crippen LogP contribution in [0.25, 0.3) is 0 Å². The molecule has 4 nitrogen and oxygen atoms in total. The molecular weight excluding hydrogens is 285 g/mol. The Bertz CT molecular complexity index is 648. The summed E-state index contributed by atoms with van der Waals surface area (Å²) in [6.45, 7) is 3.70. The number of alkyl halides is 3. The number of rotatable bonds is 3. The van der Waals surface area contributed by atoms with Gasteiger partial charge in [-0.15, -0.1) is 0 Å². The van der Waals surface area contributed by atoms with Crippen molar-refractivity contribution in [3.63, 3.8) is 0 Å². The van der Waals surface area contributed by atoms with E-state index in [1.807, 2.05) is 13.8 Å². The van der Waals surface area contributed by atoms with Gasteiger partial charge in [-0.25, -0.2) is 0 Å². The lowest BCUT2D eigenvalue weighted by atomic mass is 10.1. The van der Waals surface area contributed by atoms with E-state index in [9.17, 15) is 18.0 Å². The van der Waals surface area contributed by atoms with Crippen LogP contribution < -0.4 is 5.32 Å². The van der Waals surface area contributed by atoms with Crippen LogP contribution in [0.2, 0.25) is 0 Å². The maximum Gasteiger partial charge on any atom is 0.418 e. The highest BCUT2D eigenvalue weighted by molar-refractivity contribution is 6.03. The van der Waals surface area contributed by atoms with Crippen molar-refractivity contribution in [2.45, 2.75) is 25.9 Å². The Hall–Kier alpha value is -2.31. The van der Waals surface area contributed by atoms with Crippen molar-refractivity contribution >= 4 is 11.6 Å². The summed E-state index contributed by atoms with van der Waals surface area (Å²) in [6.07, 6.45) is -4.54. The molecular formula is C14H13F3N2O2. The van der Waals surface area contributed by atoms with Crippen LogP contribution in [0, 0.1) is 0 Å². The molecule has 0 saturated heterocycles. The molecule has 0 aliphatic rings. The largest absolute Gasteiger partial charge is 0.418 e. The van der Waals surface area contributed by atoms with Gasteiger partial charge in [-0.1, -0.05) is 31.1 Å². The molecule has 2 aromatic rings. The number of nitrogens with one attached hydrogen (secondary N) is 1. The summed E-state index contributed by atoms with van der Waals surface area (Å²) in [4.78, 5) is 11.9. The van der Waals surface area contributed by atoms with Crippen LogP contribution in [-0.4, -0.2) is 11.1 Å². The molecule has 0 aliphatic heterocycles. The van der Waals surface area contributed by atoms with Crippen molar-refractivity contribution in [2.75, 3.05) is 5.32 Å². The monoisotopic (exact) mass is 298 g/mol. The summed E-state index contributed by atoms with van der Waals surface area (Å²) in [5, 5.41) is 5.76. The summed E-state index contributed by atoms with van der Waals surface area (Å²) in [7, 11) is 0. The number of amides is 1. The molecule has 0 aliphatic carbocycles. The van der Waals surface area contributed by atoms with Crippen LogP contribution in [0.1, 0.15) is 41.6 Å². The van der Waals surface area contributed by atoms with Gasteiger partial charge in [-0.2, -0.15) is 13.2 Å². The number of carbonyl (C=O) groups excluding carboxylic acids is 1. The molecule has 0 spiro atoms. The van der Waals surface area contributed by atoms with Crippen molar-refractivity contribution in [1.82, 2.24) is 5.16 Å². The molecule has 1 N–H and O–H groups in total. The molecule has 0 bridgehead atoms. The zero-order valence-electron chi connectivity index (χ0n) is 11.4. The Balaban J connectivity index is 2.24. The lowest BCUT2D eigenvalue weighted by Gasteiger charge is -2.12. The van der Waals surface area contributed by atoms with Crippen molar-refractivity contribution in [1.29, 1.82) is 0 Å². The average Bonchev–Trinajstić information content (AvgIpc) is 2.88. The maximum absolute atomic E-state index is 12.8. The van der Waals surface area contributed by atoms with Gasteiger partial charge in [0.25, 0.3) is 5.91 Å². The number of anilines is 1. The average molecular weight is 298 g/mol. The third-order valence-corrected chi connectivity index (χ3v) is 2.81. The van der Waals surface area contributed by atoms with E-state index in [1.165, 1.54) is 24.3 Å². The minimum absolute atomic E-state index is 0.0292. The molecule has 0 saturated carbocycles. The molecule has 1 aromatic carbocycles. The van der Waals surface area contributed by atoms with Crippen molar-refractivity contribution < 1.29 is 22.5 Å². The topological polar surface area (TPSA) is 55.1 Å². The first kappa shape index (κ1) is 15.1. The van der Waals surface area contributed by atoms with Crippen LogP contribution in [0.4, 0.5) is 18.9 Å². The highest BCUT2D eigenvalue weighted by atomic mass is 19.4. The number of hydrogen-bond acceptors (Lipinski definition) is 3. The number of benzene rings is 1. The Labute approximate surface area is 118 Å². The normalized spacial score (nSPS) is 11.7. The van der Waals surface area contributed by atoms with Gasteiger partial charge in [0.1, 0.15) is 5.76 Å². The fourth-order valence-electron chi connectivity index (χ4n) is 1.69. The zero-order chi connectivity index (χ0) is 15.6. The van der Waals surface area contributed by atoms with E-state index in [1.54, 1.807) is 0 Å². The van der Waals surface area contributed by atoms with E-state index < -0.39 is 17.6 Å². The molecule has 0 fully saturated rings. The van der Waals surface area contributed by atoms with E-state index in [0.29, 0.717) is 5.76 Å². The lowest BCUT2D eigenvalue weighted by molar-refractivity contribution is -0.136. The van der Waals surface area contributed by atoms with Crippen LogP contribution >= 0.6 is 0 Å². The van der Waals surface area contributed by atoms with E-state index in [0.717, 1.165) is 6.07 Å². The van der Waals surface area contributed by atoms with Crippen molar-refractivity contribution in [2.24, 2.45) is 0 Å². The second-order valence-corrected chi connectivity index (χ2v) is 4.77. The fraction of sp³-hybridized carbons (Fsp3) is 0.286. The van der Waals surface area contributed by atoms with E-state index >= 15 is 0 Å². The predicted molar refractivity (Wildman–Crippen MR) is 70.0 cm³/mol. The first-order valence-corrected chi connectivity index (χ1v) is 6.23. The SMILES string of the molecule is CC(C)c1cc(C(=O)Nc2ccccc2C(F)(F)F)no1. The van der Waals surface area contributed by atoms with Gasteiger partial charge in [-0.05, 0) is 12.1 Å². The van der Waals surface area contributed by atoms with Gasteiger partial charge >= 0.3 is 6.18 Å². The first-order valence-electron chi connectivity index (χ1n) is 6.23. The second-order valence-electron chi connectivity index (χ2n) is 4.77. The van der Waals surface area contributed by atoms with Gasteiger partial charge < -0.3 is 9.84 Å². The quantitative estimate of drug-likeness (QED) is 0.929. The number of aromatic nitrogens is 1. The number of hydrogen-bond donors (Lipinski definition) is 1. The molecule has 112 valence electrons. The summed E-state index contributed by atoms with van der Waals surface area (Å²) in [5.41, 5.74) is -1.29. The van der Waals surface area contributed by atoms with Gasteiger partial charge in [0.05, 0.1) is 11.3 Å². The Morgan fingerprint density at radius 1 is 1.29 bits per heavy atom. The predicted octanol–water partition coefficient (Wildman–Crippen LogP) is 4.07.